The molecular formula is C23H29N7O7. The molecule has 1 amide bonds. The average Bonchev–Trinajstić information content (AvgIpc) is 3.39. The number of hydrogen-bond donors (Lipinski definition) is 6. The van der Waals surface area contributed by atoms with E-state index in [4.69, 9.17) is 20.4 Å². The van der Waals surface area contributed by atoms with Crippen LogP contribution < -0.4 is 21.2 Å². The summed E-state index contributed by atoms with van der Waals surface area (Å²) in [5.74, 6) is -3.57. The lowest BCUT2D eigenvalue weighted by Crippen LogP contribution is -2.49. The molecule has 7 N–H and O–H groups in total. The number of nitrogen functional groups attached to an aromatic ring is 1. The number of fused-ring (bicyclic) bond motifs is 1. The summed E-state index contributed by atoms with van der Waals surface area (Å²) >= 11 is 0. The predicted molar refractivity (Wildman–Crippen MR) is 130 cm³/mol. The molecule has 198 valence electrons. The number of aliphatic hydroxyl groups is 2. The maximum Gasteiger partial charge on any atom is 0.373 e. The maximum atomic E-state index is 12.1. The van der Waals surface area contributed by atoms with Crippen molar-refractivity contribution in [3.05, 3.63) is 41.7 Å². The van der Waals surface area contributed by atoms with Gasteiger partial charge in [-0.25, -0.2) is 4.98 Å². The lowest BCUT2D eigenvalue weighted by Gasteiger charge is -2.25. The first kappa shape index (κ1) is 26.1. The number of carboxylic acid groups (broad SMARTS) is 1. The maximum absolute atomic E-state index is 12.1. The Balaban J connectivity index is 1.41. The number of rotatable bonds is 11. The van der Waals surface area contributed by atoms with Crippen LogP contribution in [0.2, 0.25) is 0 Å². The Hall–Kier alpha value is -4.01. The molecule has 3 aromatic rings. The zero-order valence-corrected chi connectivity index (χ0v) is 20.1. The molecule has 0 saturated carbocycles. The van der Waals surface area contributed by atoms with Crippen LogP contribution in [0.25, 0.3) is 11.2 Å². The van der Waals surface area contributed by atoms with E-state index in [9.17, 15) is 19.8 Å². The number of aliphatic carboxylic acids is 1. The number of imidazole rings is 1. The number of amides is 1. The molecule has 1 saturated heterocycles. The van der Waals surface area contributed by atoms with Crippen molar-refractivity contribution in [2.75, 3.05) is 24.1 Å². The van der Waals surface area contributed by atoms with Crippen molar-refractivity contribution in [2.24, 2.45) is 0 Å². The number of aromatic nitrogens is 4. The van der Waals surface area contributed by atoms with Crippen LogP contribution in [0.4, 0.5) is 11.8 Å². The molecule has 1 aliphatic rings. The molecule has 0 radical (unpaired) electrons. The first-order chi connectivity index (χ1) is 17.7. The second-order valence-electron chi connectivity index (χ2n) is 8.54. The molecule has 37 heavy (non-hydrogen) atoms. The third kappa shape index (κ3) is 6.04. The fraction of sp³-hybridized carbons (Fsp3) is 0.435. The second kappa shape index (κ2) is 10.9. The number of ether oxygens (including phenoxy) is 1. The molecule has 0 spiro atoms. The third-order valence-electron chi connectivity index (χ3n) is 5.78. The Labute approximate surface area is 211 Å². The van der Waals surface area contributed by atoms with Crippen molar-refractivity contribution in [2.45, 2.75) is 50.8 Å². The Morgan fingerprint density at radius 1 is 1.24 bits per heavy atom. The van der Waals surface area contributed by atoms with Crippen LogP contribution in [0.1, 0.15) is 30.9 Å². The summed E-state index contributed by atoms with van der Waals surface area (Å²) in [5, 5.41) is 35.5. The molecule has 3 heterocycles. The number of anilines is 2. The van der Waals surface area contributed by atoms with Gasteiger partial charge in [0.1, 0.15) is 12.4 Å². The van der Waals surface area contributed by atoms with Crippen molar-refractivity contribution < 1.29 is 34.5 Å². The lowest BCUT2D eigenvalue weighted by atomic mass is 10.1. The molecule has 14 heteroatoms. The van der Waals surface area contributed by atoms with E-state index in [0.29, 0.717) is 25.9 Å². The number of carbonyl (C=O) groups excluding carboxylic acids is 1. The van der Waals surface area contributed by atoms with Crippen LogP contribution in [-0.4, -0.2) is 78.1 Å². The zero-order chi connectivity index (χ0) is 26.6. The number of carboxylic acids is 1. The number of nitrogens with zero attached hydrogens (tertiary/aromatic N) is 4. The highest BCUT2D eigenvalue weighted by Gasteiger charge is 2.53. The fourth-order valence-electron chi connectivity index (χ4n) is 3.84. The Morgan fingerprint density at radius 2 is 1.95 bits per heavy atom. The number of carbonyl (C=O) groups is 2. The van der Waals surface area contributed by atoms with Gasteiger partial charge >= 0.3 is 11.9 Å². The van der Waals surface area contributed by atoms with Gasteiger partial charge in [-0.15, -0.1) is 4.73 Å². The molecule has 0 bridgehead atoms. The third-order valence-corrected chi connectivity index (χ3v) is 5.78. The van der Waals surface area contributed by atoms with Gasteiger partial charge in [0.05, 0.1) is 0 Å². The predicted octanol–water partition coefficient (Wildman–Crippen LogP) is -0.559. The largest absolute Gasteiger partial charge is 0.481 e. The molecule has 4 rings (SSSR count). The Bertz CT molecular complexity index is 1270. The van der Waals surface area contributed by atoms with E-state index >= 15 is 0 Å². The van der Waals surface area contributed by atoms with E-state index in [1.807, 2.05) is 24.3 Å². The summed E-state index contributed by atoms with van der Waals surface area (Å²) in [4.78, 5) is 40.9. The standard InChI is InChI=1S/C23H29N7O7/c1-2-25-21(34)15-11-16(31)23(35,36-15)37-30-12-27-18-19(24)28-22(29-20(18)30)26-10-9-14-5-3-13(4-6-14)7-8-17(32)33/h3-6,12,15-16,31,35H,2,7-11H2,1H3,(H,25,34)(H,32,33)(H3,24,26,28,29)/t15-,16+,23+/m0/s1. The average molecular weight is 516 g/mol. The van der Waals surface area contributed by atoms with E-state index < -0.39 is 30.1 Å². The molecule has 3 atom stereocenters. The smallest absolute Gasteiger partial charge is 0.373 e. The van der Waals surface area contributed by atoms with Crippen LogP contribution in [-0.2, 0) is 27.2 Å². The van der Waals surface area contributed by atoms with E-state index in [0.717, 1.165) is 15.9 Å². The van der Waals surface area contributed by atoms with Gasteiger partial charge in [0, 0.05) is 25.9 Å². The highest BCUT2D eigenvalue weighted by Crippen LogP contribution is 2.29. The summed E-state index contributed by atoms with van der Waals surface area (Å²) in [5.41, 5.74) is 8.33. The second-order valence-corrected chi connectivity index (χ2v) is 8.54. The molecule has 0 unspecified atom stereocenters. The van der Waals surface area contributed by atoms with Crippen molar-refractivity contribution in [1.29, 1.82) is 0 Å². The SMILES string of the molecule is CCNC(=O)[C@@H]1C[C@@H](O)[C@](O)(On2cnc3c(N)nc(NCCc4ccc(CCC(=O)O)cc4)nc32)O1. The minimum atomic E-state index is -2.51. The number of aryl methyl sites for hydroxylation is 1. The highest BCUT2D eigenvalue weighted by molar-refractivity contribution is 5.82. The number of nitrogens with one attached hydrogen (secondary N) is 2. The first-order valence-corrected chi connectivity index (χ1v) is 11.8. The summed E-state index contributed by atoms with van der Waals surface area (Å²) in [6.45, 7) is 2.57. The van der Waals surface area contributed by atoms with Crippen LogP contribution in [0.5, 0.6) is 0 Å². The monoisotopic (exact) mass is 515 g/mol. The number of nitrogens with two attached hydrogens (primary N) is 1. The minimum Gasteiger partial charge on any atom is -0.481 e. The topological polar surface area (TPSA) is 207 Å². The van der Waals surface area contributed by atoms with Crippen molar-refractivity contribution in [3.8, 4) is 0 Å². The summed E-state index contributed by atoms with van der Waals surface area (Å²) in [6.07, 6.45) is -0.390. The van der Waals surface area contributed by atoms with Crippen LogP contribution in [0.3, 0.4) is 0 Å². The van der Waals surface area contributed by atoms with E-state index in [1.54, 1.807) is 6.92 Å². The molecule has 2 aromatic heterocycles. The van der Waals surface area contributed by atoms with Crippen molar-refractivity contribution in [1.82, 2.24) is 25.0 Å². The summed E-state index contributed by atoms with van der Waals surface area (Å²) < 4.78 is 6.31. The summed E-state index contributed by atoms with van der Waals surface area (Å²) in [7, 11) is 0. The number of benzene rings is 1. The van der Waals surface area contributed by atoms with Gasteiger partial charge in [0.2, 0.25) is 17.5 Å². The van der Waals surface area contributed by atoms with E-state index in [-0.39, 0.29) is 35.8 Å². The van der Waals surface area contributed by atoms with Gasteiger partial charge in [-0.2, -0.15) is 9.97 Å². The first-order valence-electron chi connectivity index (χ1n) is 11.8. The van der Waals surface area contributed by atoms with Gasteiger partial charge in [0.15, 0.2) is 17.4 Å². The molecule has 1 aromatic carbocycles. The van der Waals surface area contributed by atoms with Gasteiger partial charge in [-0.1, -0.05) is 24.3 Å². The van der Waals surface area contributed by atoms with Crippen LogP contribution >= 0.6 is 0 Å². The number of hydrogen-bond acceptors (Lipinski definition) is 11. The van der Waals surface area contributed by atoms with Gasteiger partial charge in [0.25, 0.3) is 0 Å². The molecule has 1 fully saturated rings. The fourth-order valence-corrected chi connectivity index (χ4v) is 3.84. The Kier molecular flexibility index (Phi) is 7.71. The normalized spacial score (nSPS) is 21.2. The van der Waals surface area contributed by atoms with Crippen molar-refractivity contribution in [3.63, 3.8) is 0 Å². The molecular weight excluding hydrogens is 486 g/mol. The summed E-state index contributed by atoms with van der Waals surface area (Å²) in [6, 6.07) is 7.66. The van der Waals surface area contributed by atoms with E-state index in [2.05, 4.69) is 25.6 Å². The molecule has 0 aliphatic carbocycles. The Morgan fingerprint density at radius 3 is 2.62 bits per heavy atom. The number of likely N-dealkylation sites (N-methyl/N-ethyl adjacent to an activating group) is 1. The van der Waals surface area contributed by atoms with Crippen LogP contribution in [0.15, 0.2) is 30.6 Å². The molecule has 1 aliphatic heterocycles. The molecule has 14 nitrogen and oxygen atoms in total. The number of aliphatic hydroxyl groups excluding tert-OH is 1. The lowest BCUT2D eigenvalue weighted by molar-refractivity contribution is -0.369. The van der Waals surface area contributed by atoms with Gasteiger partial charge in [-0.05, 0) is 30.9 Å². The zero-order valence-electron chi connectivity index (χ0n) is 20.1. The quantitative estimate of drug-likeness (QED) is 0.178. The van der Waals surface area contributed by atoms with Crippen LogP contribution in [0, 0.1) is 0 Å². The van der Waals surface area contributed by atoms with Gasteiger partial charge in [-0.3, -0.25) is 9.59 Å². The van der Waals surface area contributed by atoms with Crippen molar-refractivity contribution >= 4 is 34.8 Å². The highest BCUT2D eigenvalue weighted by atomic mass is 16.9. The van der Waals surface area contributed by atoms with Gasteiger partial charge < -0.3 is 41.3 Å². The van der Waals surface area contributed by atoms with E-state index in [1.165, 1.54) is 6.33 Å². The minimum absolute atomic E-state index is 0.0673.